The van der Waals surface area contributed by atoms with Crippen LogP contribution in [0, 0.1) is 0 Å². The molecule has 1 aromatic carbocycles. The number of nitrogens with one attached hydrogen (secondary N) is 2. The van der Waals surface area contributed by atoms with Crippen LogP contribution in [0.5, 0.6) is 17.4 Å². The van der Waals surface area contributed by atoms with E-state index in [4.69, 9.17) is 30.5 Å². The highest BCUT2D eigenvalue weighted by atomic mass is 35.5. The van der Waals surface area contributed by atoms with Crippen LogP contribution in [0.3, 0.4) is 0 Å². The molecule has 10 nitrogen and oxygen atoms in total. The van der Waals surface area contributed by atoms with Crippen molar-refractivity contribution in [3.05, 3.63) is 69.0 Å². The van der Waals surface area contributed by atoms with Gasteiger partial charge in [-0.2, -0.15) is 26.3 Å². The van der Waals surface area contributed by atoms with Crippen LogP contribution in [0.2, 0.25) is 5.02 Å². The van der Waals surface area contributed by atoms with E-state index in [1.165, 1.54) is 24.5 Å². The Morgan fingerprint density at radius 1 is 1.12 bits per heavy atom. The maximum atomic E-state index is 13.0. The van der Waals surface area contributed by atoms with Crippen molar-refractivity contribution in [1.82, 2.24) is 14.4 Å². The van der Waals surface area contributed by atoms with Gasteiger partial charge in [-0.25, -0.2) is 14.5 Å². The molecule has 1 amide bonds. The van der Waals surface area contributed by atoms with E-state index >= 15 is 0 Å². The van der Waals surface area contributed by atoms with Gasteiger partial charge in [0.2, 0.25) is 5.88 Å². The summed E-state index contributed by atoms with van der Waals surface area (Å²) >= 11 is 7.49. The summed E-state index contributed by atoms with van der Waals surface area (Å²) in [5.74, 6) is 0.356. The largest absolute Gasteiger partial charge is 0.491 e. The third-order valence-corrected chi connectivity index (χ3v) is 7.45. The maximum absolute atomic E-state index is 13.0. The summed E-state index contributed by atoms with van der Waals surface area (Å²) in [7, 11) is -2.58. The lowest BCUT2D eigenvalue weighted by molar-refractivity contribution is -0.137. The molecule has 0 saturated carbocycles. The molecule has 16 heteroatoms. The number of halogens is 4. The fourth-order valence-corrected chi connectivity index (χ4v) is 4.93. The van der Waals surface area contributed by atoms with Gasteiger partial charge in [-0.1, -0.05) is 23.7 Å². The summed E-state index contributed by atoms with van der Waals surface area (Å²) < 4.78 is 88.3. The van der Waals surface area contributed by atoms with Crippen molar-refractivity contribution in [2.75, 3.05) is 33.5 Å². The predicted molar refractivity (Wildman–Crippen MR) is 146 cm³/mol. The zero-order valence-corrected chi connectivity index (χ0v) is 24.1. The second-order valence-corrected chi connectivity index (χ2v) is 11.2. The number of nitrogens with zero attached hydrogens (tertiary/aromatic N) is 1. The fraction of sp³-hybridized carbons (Fsp3) is 0.360. The van der Waals surface area contributed by atoms with Crippen LogP contribution in [0.4, 0.5) is 18.0 Å². The number of thiophene rings is 1. The van der Waals surface area contributed by atoms with Gasteiger partial charge >= 0.3 is 22.5 Å². The molecule has 0 aliphatic rings. The second kappa shape index (κ2) is 15.2. The Kier molecular flexibility index (Phi) is 12.0. The van der Waals surface area contributed by atoms with Crippen molar-refractivity contribution >= 4 is 39.2 Å². The highest BCUT2D eigenvalue weighted by molar-refractivity contribution is 7.88. The number of alkyl halides is 3. The third kappa shape index (κ3) is 11.0. The van der Waals surface area contributed by atoms with Crippen LogP contribution >= 0.6 is 22.9 Å². The molecule has 2 N–H and O–H groups in total. The Morgan fingerprint density at radius 2 is 1.93 bits per heavy atom. The first kappa shape index (κ1) is 32.4. The highest BCUT2D eigenvalue weighted by Gasteiger charge is 2.32. The minimum atomic E-state index is -4.62. The number of carbonyl (C=O) groups is 1. The molecular weight excluding hydrogens is 611 g/mol. The number of hydrogen-bond donors (Lipinski definition) is 2. The average molecular weight is 638 g/mol. The van der Waals surface area contributed by atoms with Gasteiger partial charge in [0.25, 0.3) is 0 Å². The van der Waals surface area contributed by atoms with Crippen molar-refractivity contribution in [3.63, 3.8) is 0 Å². The van der Waals surface area contributed by atoms with Crippen LogP contribution in [0.1, 0.15) is 22.4 Å². The van der Waals surface area contributed by atoms with Gasteiger partial charge in [-0.3, -0.25) is 0 Å². The Hall–Kier alpha value is -3.11. The number of amides is 1. The topological polar surface area (TPSA) is 125 Å². The zero-order chi connectivity index (χ0) is 29.9. The average Bonchev–Trinajstić information content (AvgIpc) is 3.41. The third-order valence-electron chi connectivity index (χ3n) is 5.22. The zero-order valence-electron chi connectivity index (χ0n) is 21.7. The maximum Gasteiger partial charge on any atom is 0.421 e. The summed E-state index contributed by atoms with van der Waals surface area (Å²) in [4.78, 5) is 16.7. The van der Waals surface area contributed by atoms with Gasteiger partial charge in [-0.05, 0) is 48.4 Å². The monoisotopic (exact) mass is 637 g/mol. The molecule has 2 heterocycles. The van der Waals surface area contributed by atoms with Gasteiger partial charge in [-0.15, -0.1) is 11.3 Å². The Morgan fingerprint density at radius 3 is 2.61 bits per heavy atom. The summed E-state index contributed by atoms with van der Waals surface area (Å²) in [6, 6.07) is 9.26. The highest BCUT2D eigenvalue weighted by Crippen LogP contribution is 2.36. The lowest BCUT2D eigenvalue weighted by Gasteiger charge is -2.15. The van der Waals surface area contributed by atoms with Crippen molar-refractivity contribution in [3.8, 4) is 17.4 Å². The quantitative estimate of drug-likeness (QED) is 0.213. The van der Waals surface area contributed by atoms with Crippen molar-refractivity contribution in [2.45, 2.75) is 25.4 Å². The van der Waals surface area contributed by atoms with Gasteiger partial charge < -0.3 is 18.9 Å². The van der Waals surface area contributed by atoms with Crippen LogP contribution in [-0.4, -0.2) is 53.0 Å². The molecule has 0 saturated heterocycles. The first-order chi connectivity index (χ1) is 19.5. The number of aryl methyl sites for hydroxylation is 1. The van der Waals surface area contributed by atoms with E-state index in [1.54, 1.807) is 16.9 Å². The van der Waals surface area contributed by atoms with Crippen LogP contribution in [0.25, 0.3) is 0 Å². The SMILES string of the molecule is COCCOc1ccc(CCCOC(=O)NS(=O)(=O)NCCc2cccs2)c(Oc2ncc(C(F)(F)F)cc2Cl)c1. The minimum Gasteiger partial charge on any atom is -0.491 e. The summed E-state index contributed by atoms with van der Waals surface area (Å²) in [6.45, 7) is 0.531. The molecule has 41 heavy (non-hydrogen) atoms. The smallest absolute Gasteiger partial charge is 0.421 e. The molecule has 0 bridgehead atoms. The number of hydrogen-bond acceptors (Lipinski definition) is 9. The number of rotatable bonds is 15. The van der Waals surface area contributed by atoms with E-state index in [1.807, 2.05) is 17.5 Å². The number of carbonyl (C=O) groups excluding carboxylic acids is 1. The molecule has 3 rings (SSSR count). The first-order valence-corrected chi connectivity index (χ1v) is 14.8. The van der Waals surface area contributed by atoms with E-state index < -0.39 is 28.0 Å². The molecule has 0 unspecified atom stereocenters. The Labute approximate surface area is 243 Å². The predicted octanol–water partition coefficient (Wildman–Crippen LogP) is 5.37. The van der Waals surface area contributed by atoms with Gasteiger partial charge in [0.1, 0.15) is 23.1 Å². The number of ether oxygens (including phenoxy) is 4. The Balaban J connectivity index is 1.57. The van der Waals surface area contributed by atoms with Crippen molar-refractivity contribution in [1.29, 1.82) is 0 Å². The van der Waals surface area contributed by atoms with E-state index in [2.05, 4.69) is 9.71 Å². The molecule has 0 atom stereocenters. The lowest BCUT2D eigenvalue weighted by atomic mass is 10.1. The van der Waals surface area contributed by atoms with E-state index in [9.17, 15) is 26.4 Å². The van der Waals surface area contributed by atoms with Gasteiger partial charge in [0, 0.05) is 30.8 Å². The van der Waals surface area contributed by atoms with Crippen molar-refractivity contribution < 1.29 is 45.3 Å². The molecule has 0 radical (unpaired) electrons. The molecular formula is C25H27ClF3N3O7S2. The number of pyridine rings is 1. The van der Waals surface area contributed by atoms with Gasteiger partial charge in [0.05, 0.1) is 18.8 Å². The van der Waals surface area contributed by atoms with Crippen LogP contribution < -0.4 is 18.9 Å². The van der Waals surface area contributed by atoms with Crippen LogP contribution in [0.15, 0.2) is 48.0 Å². The molecule has 0 aliphatic carbocycles. The Bertz CT molecular complexity index is 1390. The number of benzene rings is 1. The molecule has 2 aromatic heterocycles. The van der Waals surface area contributed by atoms with E-state index in [0.29, 0.717) is 36.6 Å². The summed E-state index contributed by atoms with van der Waals surface area (Å²) in [6.07, 6.45) is -4.15. The normalized spacial score (nSPS) is 11.7. The van der Waals surface area contributed by atoms with Gasteiger partial charge in [0.15, 0.2) is 0 Å². The molecule has 0 fully saturated rings. The fourth-order valence-electron chi connectivity index (χ4n) is 3.29. The molecule has 224 valence electrons. The number of aromatic nitrogens is 1. The molecule has 3 aromatic rings. The van der Waals surface area contributed by atoms with Crippen molar-refractivity contribution in [2.24, 2.45) is 0 Å². The first-order valence-electron chi connectivity index (χ1n) is 12.1. The standard InChI is InChI=1S/C25H27ClF3N3O7S2/c1-36-11-12-37-19-7-6-17(22(15-19)39-23-21(26)14-18(16-30-23)25(27,28)29)4-2-10-38-24(33)32-41(34,35)31-9-8-20-5-3-13-40-20/h3,5-7,13-16,31H,2,4,8-12H2,1H3,(H,32,33). The molecule has 0 aliphatic heterocycles. The number of methoxy groups -OCH3 is 1. The van der Waals surface area contributed by atoms with Crippen LogP contribution in [-0.2, 0) is 38.7 Å². The van der Waals surface area contributed by atoms with E-state index in [0.717, 1.165) is 4.88 Å². The minimum absolute atomic E-state index is 0.106. The van der Waals surface area contributed by atoms with E-state index in [-0.39, 0.29) is 49.3 Å². The lowest BCUT2D eigenvalue weighted by Crippen LogP contribution is -2.41. The summed E-state index contributed by atoms with van der Waals surface area (Å²) in [5.41, 5.74) is -0.449. The summed E-state index contributed by atoms with van der Waals surface area (Å²) in [5, 5.41) is 1.53. The second-order valence-electron chi connectivity index (χ2n) is 8.29. The molecule has 0 spiro atoms.